The Morgan fingerprint density at radius 1 is 1.12 bits per heavy atom. The normalized spacial score (nSPS) is 9.88. The highest BCUT2D eigenvalue weighted by Gasteiger charge is 2.10. The summed E-state index contributed by atoms with van der Waals surface area (Å²) in [6.07, 6.45) is 1.10. The zero-order chi connectivity index (χ0) is 17.4. The van der Waals surface area contributed by atoms with Crippen LogP contribution in [0, 0.1) is 5.82 Å². The highest BCUT2D eigenvalue weighted by atomic mass is 35.5. The zero-order valence-electron chi connectivity index (χ0n) is 14.2. The van der Waals surface area contributed by atoms with Gasteiger partial charge < -0.3 is 20.1 Å². The lowest BCUT2D eigenvalue weighted by Crippen LogP contribution is -2.15. The van der Waals surface area contributed by atoms with Gasteiger partial charge in [0.15, 0.2) is 23.1 Å². The maximum absolute atomic E-state index is 14.2. The molecule has 136 valence electrons. The molecular weight excluding hydrogens is 347 g/mol. The fraction of sp³-hybridized carbons (Fsp3) is 0.278. The van der Waals surface area contributed by atoms with E-state index < -0.39 is 5.82 Å². The standard InChI is InChI=1S/C18H21FN2O3.ClH/c1-20-11-5-8-18(22)21-13-9-10-15(14(19)12-13)24-17-7-4-3-6-16(17)23-2;/h3-4,6-7,9-10,12,20H,5,8,11H2,1-2H3,(H,21,22);1H. The number of hydrogen-bond donors (Lipinski definition) is 2. The molecule has 0 aliphatic carbocycles. The Morgan fingerprint density at radius 2 is 1.84 bits per heavy atom. The van der Waals surface area contributed by atoms with Crippen LogP contribution in [0.25, 0.3) is 0 Å². The summed E-state index contributed by atoms with van der Waals surface area (Å²) in [6, 6.07) is 11.3. The second-order valence-electron chi connectivity index (χ2n) is 5.15. The van der Waals surface area contributed by atoms with Gasteiger partial charge in [-0.15, -0.1) is 12.4 Å². The smallest absolute Gasteiger partial charge is 0.224 e. The first-order chi connectivity index (χ1) is 11.6. The summed E-state index contributed by atoms with van der Waals surface area (Å²) in [7, 11) is 3.35. The highest BCUT2D eigenvalue weighted by molar-refractivity contribution is 5.90. The molecule has 0 saturated heterocycles. The lowest BCUT2D eigenvalue weighted by atomic mass is 10.2. The Labute approximate surface area is 152 Å². The SMILES string of the molecule is CNCCCC(=O)Nc1ccc(Oc2ccccc2OC)c(F)c1.Cl. The first-order valence-corrected chi connectivity index (χ1v) is 7.69. The number of carbonyl (C=O) groups excluding carboxylic acids is 1. The van der Waals surface area contributed by atoms with Gasteiger partial charge in [-0.3, -0.25) is 4.79 Å². The maximum Gasteiger partial charge on any atom is 0.224 e. The van der Waals surface area contributed by atoms with Crippen LogP contribution in [0.1, 0.15) is 12.8 Å². The molecule has 5 nitrogen and oxygen atoms in total. The highest BCUT2D eigenvalue weighted by Crippen LogP contribution is 2.33. The number of para-hydroxylation sites is 2. The predicted molar refractivity (Wildman–Crippen MR) is 98.5 cm³/mol. The van der Waals surface area contributed by atoms with Gasteiger partial charge in [0, 0.05) is 18.2 Å². The van der Waals surface area contributed by atoms with Crippen molar-refractivity contribution in [1.82, 2.24) is 5.32 Å². The summed E-state index contributed by atoms with van der Waals surface area (Å²) < 4.78 is 24.9. The largest absolute Gasteiger partial charge is 0.493 e. The molecule has 7 heteroatoms. The van der Waals surface area contributed by atoms with Crippen LogP contribution < -0.4 is 20.1 Å². The van der Waals surface area contributed by atoms with Gasteiger partial charge in [-0.25, -0.2) is 4.39 Å². The Balaban J connectivity index is 0.00000312. The van der Waals surface area contributed by atoms with Gasteiger partial charge in [0.2, 0.25) is 5.91 Å². The van der Waals surface area contributed by atoms with Crippen molar-refractivity contribution in [2.45, 2.75) is 12.8 Å². The van der Waals surface area contributed by atoms with Crippen molar-refractivity contribution in [3.05, 3.63) is 48.3 Å². The van der Waals surface area contributed by atoms with E-state index in [-0.39, 0.29) is 24.1 Å². The molecule has 0 heterocycles. The molecule has 0 spiro atoms. The minimum absolute atomic E-state index is 0. The van der Waals surface area contributed by atoms with Gasteiger partial charge in [0.05, 0.1) is 7.11 Å². The summed E-state index contributed by atoms with van der Waals surface area (Å²) in [5.41, 5.74) is 0.398. The summed E-state index contributed by atoms with van der Waals surface area (Å²) in [5.74, 6) is 0.284. The molecule has 0 aliphatic heterocycles. The van der Waals surface area contributed by atoms with E-state index in [2.05, 4.69) is 10.6 Å². The molecule has 2 rings (SSSR count). The van der Waals surface area contributed by atoms with Crippen molar-refractivity contribution >= 4 is 24.0 Å². The Bertz CT molecular complexity index is 698. The maximum atomic E-state index is 14.2. The molecule has 0 atom stereocenters. The molecule has 2 aromatic carbocycles. The van der Waals surface area contributed by atoms with Crippen molar-refractivity contribution in [2.75, 3.05) is 26.0 Å². The van der Waals surface area contributed by atoms with Crippen LogP contribution in [0.2, 0.25) is 0 Å². The van der Waals surface area contributed by atoms with Crippen molar-refractivity contribution in [3.8, 4) is 17.2 Å². The first-order valence-electron chi connectivity index (χ1n) is 7.69. The van der Waals surface area contributed by atoms with Crippen LogP contribution in [0.3, 0.4) is 0 Å². The van der Waals surface area contributed by atoms with E-state index in [9.17, 15) is 9.18 Å². The number of carbonyl (C=O) groups is 1. The van der Waals surface area contributed by atoms with E-state index in [0.29, 0.717) is 23.6 Å². The predicted octanol–water partition coefficient (Wildman–Crippen LogP) is 3.99. The van der Waals surface area contributed by atoms with Crippen molar-refractivity contribution in [2.24, 2.45) is 0 Å². The van der Waals surface area contributed by atoms with Gasteiger partial charge in [0.25, 0.3) is 0 Å². The number of anilines is 1. The Hall–Kier alpha value is -2.31. The van der Waals surface area contributed by atoms with E-state index in [1.54, 1.807) is 30.3 Å². The van der Waals surface area contributed by atoms with E-state index in [0.717, 1.165) is 13.0 Å². The summed E-state index contributed by atoms with van der Waals surface area (Å²) in [5, 5.41) is 5.64. The van der Waals surface area contributed by atoms with Crippen molar-refractivity contribution < 1.29 is 18.7 Å². The number of nitrogens with one attached hydrogen (secondary N) is 2. The fourth-order valence-electron chi connectivity index (χ4n) is 2.13. The zero-order valence-corrected chi connectivity index (χ0v) is 15.0. The number of rotatable bonds is 8. The number of hydrogen-bond acceptors (Lipinski definition) is 4. The van der Waals surface area contributed by atoms with Gasteiger partial charge in [-0.2, -0.15) is 0 Å². The molecule has 0 aromatic heterocycles. The fourth-order valence-corrected chi connectivity index (χ4v) is 2.13. The average molecular weight is 369 g/mol. The van der Waals surface area contributed by atoms with Crippen molar-refractivity contribution in [3.63, 3.8) is 0 Å². The van der Waals surface area contributed by atoms with E-state index in [4.69, 9.17) is 9.47 Å². The monoisotopic (exact) mass is 368 g/mol. The molecule has 2 N–H and O–H groups in total. The molecule has 0 radical (unpaired) electrons. The molecule has 0 saturated carbocycles. The lowest BCUT2D eigenvalue weighted by Gasteiger charge is -2.12. The second kappa shape index (κ2) is 10.5. The first kappa shape index (κ1) is 20.7. The van der Waals surface area contributed by atoms with Crippen LogP contribution in [-0.2, 0) is 4.79 Å². The topological polar surface area (TPSA) is 59.6 Å². The molecule has 2 aromatic rings. The molecule has 0 unspecified atom stereocenters. The van der Waals surface area contributed by atoms with Crippen LogP contribution in [0.5, 0.6) is 17.2 Å². The minimum Gasteiger partial charge on any atom is -0.493 e. The summed E-state index contributed by atoms with van der Waals surface area (Å²) in [6.45, 7) is 0.757. The summed E-state index contributed by atoms with van der Waals surface area (Å²) >= 11 is 0. The number of benzene rings is 2. The van der Waals surface area contributed by atoms with E-state index in [1.165, 1.54) is 19.2 Å². The average Bonchev–Trinajstić information content (AvgIpc) is 2.58. The van der Waals surface area contributed by atoms with Crippen LogP contribution in [0.15, 0.2) is 42.5 Å². The third kappa shape index (κ3) is 6.25. The van der Waals surface area contributed by atoms with E-state index >= 15 is 0 Å². The third-order valence-electron chi connectivity index (χ3n) is 3.34. The molecule has 1 amide bonds. The van der Waals surface area contributed by atoms with Gasteiger partial charge >= 0.3 is 0 Å². The van der Waals surface area contributed by atoms with Crippen LogP contribution in [-0.4, -0.2) is 26.6 Å². The van der Waals surface area contributed by atoms with Crippen LogP contribution >= 0.6 is 12.4 Å². The number of halogens is 2. The molecular formula is C18H22ClFN2O3. The van der Waals surface area contributed by atoms with Crippen LogP contribution in [0.4, 0.5) is 10.1 Å². The molecule has 0 fully saturated rings. The number of ether oxygens (including phenoxy) is 2. The molecule has 0 bridgehead atoms. The second-order valence-corrected chi connectivity index (χ2v) is 5.15. The Kier molecular flexibility index (Phi) is 8.74. The third-order valence-corrected chi connectivity index (χ3v) is 3.34. The quantitative estimate of drug-likeness (QED) is 0.692. The van der Waals surface area contributed by atoms with E-state index in [1.807, 2.05) is 7.05 Å². The summed E-state index contributed by atoms with van der Waals surface area (Å²) in [4.78, 5) is 11.7. The van der Waals surface area contributed by atoms with Gasteiger partial charge in [-0.05, 0) is 44.3 Å². The van der Waals surface area contributed by atoms with Crippen molar-refractivity contribution in [1.29, 1.82) is 0 Å². The number of methoxy groups -OCH3 is 1. The minimum atomic E-state index is -0.561. The number of amides is 1. The van der Waals surface area contributed by atoms with Gasteiger partial charge in [-0.1, -0.05) is 12.1 Å². The lowest BCUT2D eigenvalue weighted by molar-refractivity contribution is -0.116. The van der Waals surface area contributed by atoms with Gasteiger partial charge in [0.1, 0.15) is 0 Å². The molecule has 0 aliphatic rings. The molecule has 25 heavy (non-hydrogen) atoms. The Morgan fingerprint density at radius 3 is 2.48 bits per heavy atom.